The number of para-hydroxylation sites is 1. The fourth-order valence-corrected chi connectivity index (χ4v) is 4.44. The number of hydrogen-bond donors (Lipinski definition) is 1. The molecular formula is C18H17ClN2O3S2. The summed E-state index contributed by atoms with van der Waals surface area (Å²) in [7, 11) is 3.05. The number of benzene rings is 2. The molecule has 0 atom stereocenters. The first-order valence-electron chi connectivity index (χ1n) is 7.74. The van der Waals surface area contributed by atoms with Gasteiger partial charge in [-0.15, -0.1) is 23.1 Å². The number of methoxy groups -OCH3 is 2. The van der Waals surface area contributed by atoms with Gasteiger partial charge in [-0.25, -0.2) is 4.98 Å². The Kier molecular flexibility index (Phi) is 6.24. The van der Waals surface area contributed by atoms with E-state index >= 15 is 0 Å². The van der Waals surface area contributed by atoms with Crippen molar-refractivity contribution < 1.29 is 14.3 Å². The summed E-state index contributed by atoms with van der Waals surface area (Å²) in [6.45, 7) is 0. The Labute approximate surface area is 164 Å². The van der Waals surface area contributed by atoms with E-state index in [1.807, 2.05) is 24.3 Å². The summed E-state index contributed by atoms with van der Waals surface area (Å²) in [4.78, 5) is 16.8. The lowest BCUT2D eigenvalue weighted by molar-refractivity contribution is -0.113. The number of rotatable bonds is 7. The molecular weight excluding hydrogens is 392 g/mol. The number of ether oxygens (including phenoxy) is 2. The van der Waals surface area contributed by atoms with E-state index in [0.29, 0.717) is 33.7 Å². The van der Waals surface area contributed by atoms with Crippen LogP contribution in [0.1, 0.15) is 5.01 Å². The Morgan fingerprint density at radius 1 is 1.23 bits per heavy atom. The molecule has 0 aliphatic rings. The minimum absolute atomic E-state index is 0.129. The van der Waals surface area contributed by atoms with Crippen molar-refractivity contribution in [2.45, 2.75) is 5.75 Å². The van der Waals surface area contributed by atoms with E-state index in [2.05, 4.69) is 10.3 Å². The highest BCUT2D eigenvalue weighted by Gasteiger charge is 2.13. The van der Waals surface area contributed by atoms with Gasteiger partial charge in [-0.05, 0) is 18.2 Å². The predicted octanol–water partition coefficient (Wildman–Crippen LogP) is 4.84. The van der Waals surface area contributed by atoms with Gasteiger partial charge < -0.3 is 14.8 Å². The van der Waals surface area contributed by atoms with Crippen LogP contribution in [0.5, 0.6) is 11.5 Å². The largest absolute Gasteiger partial charge is 0.495 e. The number of carbonyl (C=O) groups is 1. The van der Waals surface area contributed by atoms with Crippen LogP contribution in [0.25, 0.3) is 10.2 Å². The zero-order valence-electron chi connectivity index (χ0n) is 14.2. The van der Waals surface area contributed by atoms with Crippen LogP contribution < -0.4 is 14.8 Å². The number of amides is 1. The molecule has 1 aromatic heterocycles. The normalized spacial score (nSPS) is 10.7. The number of nitrogens with zero attached hydrogens (tertiary/aromatic N) is 1. The molecule has 3 rings (SSSR count). The monoisotopic (exact) mass is 408 g/mol. The highest BCUT2D eigenvalue weighted by molar-refractivity contribution is 7.99. The lowest BCUT2D eigenvalue weighted by Gasteiger charge is -2.13. The van der Waals surface area contributed by atoms with E-state index < -0.39 is 0 Å². The van der Waals surface area contributed by atoms with Crippen molar-refractivity contribution in [3.63, 3.8) is 0 Å². The summed E-state index contributed by atoms with van der Waals surface area (Å²) >= 11 is 9.28. The van der Waals surface area contributed by atoms with Gasteiger partial charge in [-0.1, -0.05) is 23.7 Å². The average molecular weight is 409 g/mol. The van der Waals surface area contributed by atoms with E-state index in [9.17, 15) is 4.79 Å². The lowest BCUT2D eigenvalue weighted by atomic mass is 10.2. The molecule has 8 heteroatoms. The van der Waals surface area contributed by atoms with Gasteiger partial charge in [0.25, 0.3) is 0 Å². The first-order valence-corrected chi connectivity index (χ1v) is 10.1. The third-order valence-corrected chi connectivity index (χ3v) is 6.00. The maximum absolute atomic E-state index is 12.2. The Hall–Kier alpha value is -1.96. The molecule has 136 valence electrons. The van der Waals surface area contributed by atoms with Crippen molar-refractivity contribution in [3.05, 3.63) is 46.4 Å². The highest BCUT2D eigenvalue weighted by Crippen LogP contribution is 2.36. The van der Waals surface area contributed by atoms with Crippen molar-refractivity contribution in [1.29, 1.82) is 0 Å². The number of aromatic nitrogens is 1. The number of anilines is 1. The van der Waals surface area contributed by atoms with Crippen LogP contribution in [0.2, 0.25) is 5.02 Å². The maximum atomic E-state index is 12.2. The van der Waals surface area contributed by atoms with Gasteiger partial charge in [-0.3, -0.25) is 4.79 Å². The minimum Gasteiger partial charge on any atom is -0.495 e. The molecule has 0 spiro atoms. The first-order chi connectivity index (χ1) is 12.6. The molecule has 1 N–H and O–H groups in total. The SMILES string of the molecule is COc1cc(OC)c(NC(=O)CSCc2nc3ccccc3s2)cc1Cl. The minimum atomic E-state index is -0.129. The van der Waals surface area contributed by atoms with Crippen molar-refractivity contribution in [1.82, 2.24) is 4.98 Å². The Morgan fingerprint density at radius 2 is 2.00 bits per heavy atom. The van der Waals surface area contributed by atoms with Crippen LogP contribution in [-0.2, 0) is 10.5 Å². The van der Waals surface area contributed by atoms with Crippen molar-refractivity contribution in [3.8, 4) is 11.5 Å². The quantitative estimate of drug-likeness (QED) is 0.606. The Morgan fingerprint density at radius 3 is 2.73 bits per heavy atom. The van der Waals surface area contributed by atoms with E-state index in [1.165, 1.54) is 26.0 Å². The molecule has 0 aliphatic carbocycles. The predicted molar refractivity (Wildman–Crippen MR) is 109 cm³/mol. The molecule has 1 heterocycles. The number of halogens is 1. The Balaban J connectivity index is 1.58. The zero-order valence-corrected chi connectivity index (χ0v) is 16.6. The number of thioether (sulfide) groups is 1. The van der Waals surface area contributed by atoms with Gasteiger partial charge >= 0.3 is 0 Å². The van der Waals surface area contributed by atoms with Crippen LogP contribution in [0, 0.1) is 0 Å². The molecule has 2 aromatic carbocycles. The molecule has 1 amide bonds. The zero-order chi connectivity index (χ0) is 18.5. The van der Waals surface area contributed by atoms with E-state index in [-0.39, 0.29) is 5.91 Å². The molecule has 0 fully saturated rings. The lowest BCUT2D eigenvalue weighted by Crippen LogP contribution is -2.15. The smallest absolute Gasteiger partial charge is 0.234 e. The fourth-order valence-electron chi connectivity index (χ4n) is 2.36. The molecule has 3 aromatic rings. The van der Waals surface area contributed by atoms with E-state index in [4.69, 9.17) is 21.1 Å². The van der Waals surface area contributed by atoms with Crippen LogP contribution in [0.3, 0.4) is 0 Å². The summed E-state index contributed by atoms with van der Waals surface area (Å²) in [5, 5.41) is 4.24. The van der Waals surface area contributed by atoms with Crippen LogP contribution in [-0.4, -0.2) is 30.9 Å². The second-order valence-corrected chi connectivity index (χ2v) is 7.81. The molecule has 0 saturated heterocycles. The van der Waals surface area contributed by atoms with Gasteiger partial charge in [0.1, 0.15) is 16.5 Å². The molecule has 0 aliphatic heterocycles. The summed E-state index contributed by atoms with van der Waals surface area (Å²) in [6.07, 6.45) is 0. The summed E-state index contributed by atoms with van der Waals surface area (Å²) in [6, 6.07) is 11.3. The summed E-state index contributed by atoms with van der Waals surface area (Å²) in [5.74, 6) is 1.86. The highest BCUT2D eigenvalue weighted by atomic mass is 35.5. The van der Waals surface area contributed by atoms with Gasteiger partial charge in [0.15, 0.2) is 0 Å². The van der Waals surface area contributed by atoms with Gasteiger partial charge in [0.2, 0.25) is 5.91 Å². The van der Waals surface area contributed by atoms with Gasteiger partial charge in [0.05, 0.1) is 40.9 Å². The number of thiazole rings is 1. The molecule has 0 saturated carbocycles. The summed E-state index contributed by atoms with van der Waals surface area (Å²) in [5.41, 5.74) is 1.51. The third kappa shape index (κ3) is 4.41. The maximum Gasteiger partial charge on any atom is 0.234 e. The van der Waals surface area contributed by atoms with Crippen molar-refractivity contribution in [2.75, 3.05) is 25.3 Å². The van der Waals surface area contributed by atoms with Crippen molar-refractivity contribution in [2.24, 2.45) is 0 Å². The van der Waals surface area contributed by atoms with Gasteiger partial charge in [-0.2, -0.15) is 0 Å². The number of hydrogen-bond acceptors (Lipinski definition) is 6. The Bertz CT molecular complexity index is 897. The van der Waals surface area contributed by atoms with E-state index in [1.54, 1.807) is 23.5 Å². The molecule has 0 radical (unpaired) electrons. The average Bonchev–Trinajstić information content (AvgIpc) is 3.04. The van der Waals surface area contributed by atoms with Crippen LogP contribution in [0.4, 0.5) is 5.69 Å². The van der Waals surface area contributed by atoms with Gasteiger partial charge in [0, 0.05) is 11.8 Å². The molecule has 5 nitrogen and oxygen atoms in total. The second-order valence-electron chi connectivity index (χ2n) is 5.30. The number of nitrogens with one attached hydrogen (secondary N) is 1. The van der Waals surface area contributed by atoms with E-state index in [0.717, 1.165) is 15.2 Å². The van der Waals surface area contributed by atoms with Crippen molar-refractivity contribution >= 4 is 56.5 Å². The molecule has 26 heavy (non-hydrogen) atoms. The van der Waals surface area contributed by atoms with Crippen LogP contribution >= 0.6 is 34.7 Å². The fraction of sp³-hybridized carbons (Fsp3) is 0.222. The third-order valence-electron chi connectivity index (χ3n) is 3.54. The molecule has 0 unspecified atom stereocenters. The van der Waals surface area contributed by atoms with Crippen LogP contribution in [0.15, 0.2) is 36.4 Å². The first kappa shape index (κ1) is 18.8. The molecule has 0 bridgehead atoms. The number of carbonyl (C=O) groups excluding carboxylic acids is 1. The topological polar surface area (TPSA) is 60.5 Å². The standard InChI is InChI=1S/C18H17ClN2O3S2/c1-23-14-8-15(24-2)13(7-11(14)19)20-17(22)9-25-10-18-21-12-5-3-4-6-16(12)26-18/h3-8H,9-10H2,1-2H3,(H,20,22). The number of fused-ring (bicyclic) bond motifs is 1. The second kappa shape index (κ2) is 8.62. The summed E-state index contributed by atoms with van der Waals surface area (Å²) < 4.78 is 11.6.